The first-order chi connectivity index (χ1) is 9.15. The van der Waals surface area contributed by atoms with Crippen LogP contribution in [0.15, 0.2) is 30.3 Å². The van der Waals surface area contributed by atoms with Crippen LogP contribution in [-0.4, -0.2) is 18.2 Å². The molecule has 1 unspecified atom stereocenters. The third-order valence-corrected chi connectivity index (χ3v) is 4.77. The molecule has 0 bridgehead atoms. The number of nitrogens with one attached hydrogen (secondary N) is 1. The number of rotatable bonds is 7. The maximum atomic E-state index is 11.8. The fourth-order valence-corrected chi connectivity index (χ4v) is 2.78. The molecule has 1 aliphatic carbocycles. The van der Waals surface area contributed by atoms with Crippen LogP contribution in [0.5, 0.6) is 0 Å². The van der Waals surface area contributed by atoms with Gasteiger partial charge in [-0.05, 0) is 41.9 Å². The Morgan fingerprint density at radius 1 is 1.37 bits per heavy atom. The SMILES string of the molecule is CC(CCNC(=O)CC1(CS)CC1)c1ccccc1. The Balaban J connectivity index is 1.67. The Kier molecular flexibility index (Phi) is 4.92. The molecule has 1 saturated carbocycles. The zero-order valence-corrected chi connectivity index (χ0v) is 12.5. The van der Waals surface area contributed by atoms with Gasteiger partial charge < -0.3 is 5.32 Å². The van der Waals surface area contributed by atoms with Crippen molar-refractivity contribution in [3.63, 3.8) is 0 Å². The highest BCUT2D eigenvalue weighted by atomic mass is 32.1. The Morgan fingerprint density at radius 3 is 2.63 bits per heavy atom. The molecule has 19 heavy (non-hydrogen) atoms. The summed E-state index contributed by atoms with van der Waals surface area (Å²) < 4.78 is 0. The molecule has 1 amide bonds. The second-order valence-electron chi connectivity index (χ2n) is 5.79. The third kappa shape index (κ3) is 4.27. The highest BCUT2D eigenvalue weighted by Crippen LogP contribution is 2.49. The molecule has 2 rings (SSSR count). The third-order valence-electron chi connectivity index (χ3n) is 4.10. The van der Waals surface area contributed by atoms with E-state index >= 15 is 0 Å². The molecular weight excluding hydrogens is 254 g/mol. The summed E-state index contributed by atoms with van der Waals surface area (Å²) in [5, 5.41) is 3.04. The fourth-order valence-electron chi connectivity index (χ4n) is 2.35. The van der Waals surface area contributed by atoms with Crippen LogP contribution in [0.25, 0.3) is 0 Å². The van der Waals surface area contributed by atoms with Crippen molar-refractivity contribution in [1.82, 2.24) is 5.32 Å². The van der Waals surface area contributed by atoms with Crippen LogP contribution in [0.2, 0.25) is 0 Å². The number of thiol groups is 1. The van der Waals surface area contributed by atoms with E-state index in [-0.39, 0.29) is 11.3 Å². The van der Waals surface area contributed by atoms with E-state index in [4.69, 9.17) is 0 Å². The normalized spacial score (nSPS) is 17.8. The minimum absolute atomic E-state index is 0.187. The van der Waals surface area contributed by atoms with E-state index in [9.17, 15) is 4.79 Å². The average molecular weight is 277 g/mol. The highest BCUT2D eigenvalue weighted by molar-refractivity contribution is 7.80. The quantitative estimate of drug-likeness (QED) is 0.735. The number of amides is 1. The van der Waals surface area contributed by atoms with Gasteiger partial charge in [0, 0.05) is 13.0 Å². The standard InChI is InChI=1S/C16H23NOS/c1-13(14-5-3-2-4-6-14)7-10-17-15(18)11-16(12-19)8-9-16/h2-6,13,19H,7-12H2,1H3,(H,17,18). The number of carbonyl (C=O) groups excluding carboxylic acids is 1. The lowest BCUT2D eigenvalue weighted by molar-refractivity contribution is -0.122. The second-order valence-corrected chi connectivity index (χ2v) is 6.10. The largest absolute Gasteiger partial charge is 0.356 e. The van der Waals surface area contributed by atoms with Crippen LogP contribution >= 0.6 is 12.6 Å². The van der Waals surface area contributed by atoms with Gasteiger partial charge in [0.2, 0.25) is 5.91 Å². The predicted octanol–water partition coefficient (Wildman–Crippen LogP) is 3.40. The molecule has 2 nitrogen and oxygen atoms in total. The van der Waals surface area contributed by atoms with Crippen molar-refractivity contribution in [2.45, 2.75) is 38.5 Å². The van der Waals surface area contributed by atoms with E-state index in [1.807, 2.05) is 6.07 Å². The summed E-state index contributed by atoms with van der Waals surface area (Å²) in [5.41, 5.74) is 1.56. The van der Waals surface area contributed by atoms with Crippen LogP contribution in [0.1, 0.15) is 44.1 Å². The van der Waals surface area contributed by atoms with Crippen molar-refractivity contribution in [1.29, 1.82) is 0 Å². The Hall–Kier alpha value is -0.960. The second kappa shape index (κ2) is 6.47. The van der Waals surface area contributed by atoms with Gasteiger partial charge in [-0.25, -0.2) is 0 Å². The molecule has 1 atom stereocenters. The molecule has 0 aliphatic heterocycles. The molecule has 0 heterocycles. The van der Waals surface area contributed by atoms with Gasteiger partial charge in [-0.15, -0.1) is 0 Å². The summed E-state index contributed by atoms with van der Waals surface area (Å²) in [4.78, 5) is 11.8. The molecule has 3 heteroatoms. The molecule has 1 N–H and O–H groups in total. The van der Waals surface area contributed by atoms with Crippen LogP contribution in [-0.2, 0) is 4.79 Å². The number of hydrogen-bond acceptors (Lipinski definition) is 2. The molecule has 1 fully saturated rings. The summed E-state index contributed by atoms with van der Waals surface area (Å²) >= 11 is 4.33. The summed E-state index contributed by atoms with van der Waals surface area (Å²) in [6.07, 6.45) is 3.95. The number of benzene rings is 1. The van der Waals surface area contributed by atoms with E-state index in [0.717, 1.165) is 31.6 Å². The summed E-state index contributed by atoms with van der Waals surface area (Å²) in [7, 11) is 0. The molecule has 0 radical (unpaired) electrons. The first kappa shape index (κ1) is 14.4. The van der Waals surface area contributed by atoms with Crippen LogP contribution in [0, 0.1) is 5.41 Å². The van der Waals surface area contributed by atoms with E-state index in [1.165, 1.54) is 5.56 Å². The Labute approximate surface area is 121 Å². The van der Waals surface area contributed by atoms with Crippen molar-refractivity contribution in [3.8, 4) is 0 Å². The van der Waals surface area contributed by atoms with Crippen LogP contribution in [0.4, 0.5) is 0 Å². The number of carbonyl (C=O) groups is 1. The van der Waals surface area contributed by atoms with Crippen molar-refractivity contribution in [2.24, 2.45) is 5.41 Å². The maximum absolute atomic E-state index is 11.8. The van der Waals surface area contributed by atoms with Crippen molar-refractivity contribution >= 4 is 18.5 Å². The molecule has 1 aromatic rings. The molecule has 104 valence electrons. The van der Waals surface area contributed by atoms with E-state index < -0.39 is 0 Å². The van der Waals surface area contributed by atoms with Gasteiger partial charge in [0.25, 0.3) is 0 Å². The topological polar surface area (TPSA) is 29.1 Å². The zero-order chi connectivity index (χ0) is 13.7. The molecule has 0 spiro atoms. The first-order valence-corrected chi connectivity index (χ1v) is 7.71. The van der Waals surface area contributed by atoms with E-state index in [2.05, 4.69) is 49.1 Å². The maximum Gasteiger partial charge on any atom is 0.220 e. The van der Waals surface area contributed by atoms with Crippen molar-refractivity contribution in [3.05, 3.63) is 35.9 Å². The minimum atomic E-state index is 0.187. The van der Waals surface area contributed by atoms with E-state index in [0.29, 0.717) is 12.3 Å². The van der Waals surface area contributed by atoms with Crippen LogP contribution < -0.4 is 5.32 Å². The van der Waals surface area contributed by atoms with Gasteiger partial charge in [0.15, 0.2) is 0 Å². The molecular formula is C16H23NOS. The molecule has 0 saturated heterocycles. The molecule has 1 aliphatic rings. The summed E-state index contributed by atoms with van der Waals surface area (Å²) in [6, 6.07) is 10.5. The van der Waals surface area contributed by atoms with Crippen LogP contribution in [0.3, 0.4) is 0 Å². The lowest BCUT2D eigenvalue weighted by Crippen LogP contribution is -2.28. The lowest BCUT2D eigenvalue weighted by Gasteiger charge is -2.14. The molecule has 0 aromatic heterocycles. The number of hydrogen-bond donors (Lipinski definition) is 2. The fraction of sp³-hybridized carbons (Fsp3) is 0.562. The highest BCUT2D eigenvalue weighted by Gasteiger charge is 2.42. The lowest BCUT2D eigenvalue weighted by atomic mass is 9.98. The Bertz CT molecular complexity index is 414. The van der Waals surface area contributed by atoms with Gasteiger partial charge in [-0.1, -0.05) is 37.3 Å². The first-order valence-electron chi connectivity index (χ1n) is 7.08. The smallest absolute Gasteiger partial charge is 0.220 e. The van der Waals surface area contributed by atoms with Crippen molar-refractivity contribution in [2.75, 3.05) is 12.3 Å². The predicted molar refractivity (Wildman–Crippen MR) is 82.6 cm³/mol. The van der Waals surface area contributed by atoms with Crippen molar-refractivity contribution < 1.29 is 4.79 Å². The zero-order valence-electron chi connectivity index (χ0n) is 11.6. The average Bonchev–Trinajstić information content (AvgIpc) is 3.20. The van der Waals surface area contributed by atoms with Gasteiger partial charge in [0.05, 0.1) is 0 Å². The van der Waals surface area contributed by atoms with Gasteiger partial charge >= 0.3 is 0 Å². The van der Waals surface area contributed by atoms with Gasteiger partial charge in [-0.3, -0.25) is 4.79 Å². The monoisotopic (exact) mass is 277 g/mol. The van der Waals surface area contributed by atoms with Gasteiger partial charge in [-0.2, -0.15) is 12.6 Å². The summed E-state index contributed by atoms with van der Waals surface area (Å²) in [5.74, 6) is 1.51. The van der Waals surface area contributed by atoms with E-state index in [1.54, 1.807) is 0 Å². The van der Waals surface area contributed by atoms with Gasteiger partial charge in [0.1, 0.15) is 0 Å². The molecule has 1 aromatic carbocycles. The minimum Gasteiger partial charge on any atom is -0.356 e. The Morgan fingerprint density at radius 2 is 2.05 bits per heavy atom. The summed E-state index contributed by atoms with van der Waals surface area (Å²) in [6.45, 7) is 2.97.